The fourth-order valence-corrected chi connectivity index (χ4v) is 2.68. The van der Waals surface area contributed by atoms with Crippen LogP contribution in [-0.2, 0) is 0 Å². The first-order valence-corrected chi connectivity index (χ1v) is 7.03. The quantitative estimate of drug-likeness (QED) is 0.793. The molecule has 0 aliphatic carbocycles. The van der Waals surface area contributed by atoms with Crippen LogP contribution >= 0.6 is 0 Å². The molecule has 0 unspecified atom stereocenters. The summed E-state index contributed by atoms with van der Waals surface area (Å²) >= 11 is 0. The van der Waals surface area contributed by atoms with Crippen LogP contribution in [0.25, 0.3) is 11.0 Å². The van der Waals surface area contributed by atoms with Crippen LogP contribution < -0.4 is 16.0 Å². The van der Waals surface area contributed by atoms with Crippen molar-refractivity contribution in [2.45, 2.75) is 26.1 Å². The van der Waals surface area contributed by atoms with Gasteiger partial charge in [-0.25, -0.2) is 9.37 Å². The van der Waals surface area contributed by atoms with Crippen molar-refractivity contribution in [3.05, 3.63) is 17.3 Å². The van der Waals surface area contributed by atoms with Crippen molar-refractivity contribution >= 4 is 22.8 Å². The second-order valence-corrected chi connectivity index (χ2v) is 5.35. The molecule has 3 N–H and O–H groups in total. The normalized spacial score (nSPS) is 21.7. The number of nitrogens with one attached hydrogen (secondary N) is 3. The summed E-state index contributed by atoms with van der Waals surface area (Å²) in [4.78, 5) is 13.3. The molecule has 2 aromatic heterocycles. The van der Waals surface area contributed by atoms with Gasteiger partial charge in [0.2, 0.25) is 5.95 Å². The Morgan fingerprint density at radius 2 is 2.05 bits per heavy atom. The smallest absolute Gasteiger partial charge is 0.227 e. The Kier molecular flexibility index (Phi) is 3.59. The van der Waals surface area contributed by atoms with E-state index in [1.807, 2.05) is 19.9 Å². The molecule has 3 heterocycles. The van der Waals surface area contributed by atoms with E-state index in [1.54, 1.807) is 7.05 Å². The summed E-state index contributed by atoms with van der Waals surface area (Å²) in [6.07, 6.45) is -0.936. The predicted molar refractivity (Wildman–Crippen MR) is 81.5 cm³/mol. The standard InChI is InChI=1S/C14H19FN6/c1-7-4-8(2)18-13-11(7)12(16-3)20-14(21-13)19-10-6-17-5-9(10)15/h4,9-10,17H,5-6H2,1-3H3,(H2,16,18,19,20,21)/t9-,10-/m0/s1. The van der Waals surface area contributed by atoms with E-state index in [0.717, 1.165) is 16.6 Å². The van der Waals surface area contributed by atoms with E-state index in [-0.39, 0.29) is 6.04 Å². The van der Waals surface area contributed by atoms with Crippen LogP contribution in [0.2, 0.25) is 0 Å². The maximum absolute atomic E-state index is 13.7. The number of rotatable bonds is 3. The summed E-state index contributed by atoms with van der Waals surface area (Å²) in [5, 5.41) is 10.0. The Balaban J connectivity index is 2.04. The maximum Gasteiger partial charge on any atom is 0.227 e. The van der Waals surface area contributed by atoms with E-state index >= 15 is 0 Å². The molecular weight excluding hydrogens is 271 g/mol. The number of aromatic nitrogens is 3. The van der Waals surface area contributed by atoms with Gasteiger partial charge in [-0.15, -0.1) is 0 Å². The highest BCUT2D eigenvalue weighted by atomic mass is 19.1. The molecular formula is C14H19FN6. The van der Waals surface area contributed by atoms with Crippen molar-refractivity contribution in [1.29, 1.82) is 0 Å². The molecule has 112 valence electrons. The lowest BCUT2D eigenvalue weighted by molar-refractivity contribution is 0.342. The van der Waals surface area contributed by atoms with Crippen LogP contribution in [0.3, 0.4) is 0 Å². The molecule has 2 atom stereocenters. The van der Waals surface area contributed by atoms with Gasteiger partial charge in [0, 0.05) is 25.8 Å². The topological polar surface area (TPSA) is 74.8 Å². The number of alkyl halides is 1. The second kappa shape index (κ2) is 5.40. The number of anilines is 2. The molecule has 0 aromatic carbocycles. The molecule has 1 aliphatic heterocycles. The Labute approximate surface area is 122 Å². The van der Waals surface area contributed by atoms with Gasteiger partial charge in [0.05, 0.1) is 11.4 Å². The first-order chi connectivity index (χ1) is 10.1. The Morgan fingerprint density at radius 1 is 1.24 bits per heavy atom. The third-order valence-electron chi connectivity index (χ3n) is 3.68. The highest BCUT2D eigenvalue weighted by Crippen LogP contribution is 2.25. The molecule has 0 bridgehead atoms. The summed E-state index contributed by atoms with van der Waals surface area (Å²) in [6.45, 7) is 4.87. The monoisotopic (exact) mass is 290 g/mol. The fourth-order valence-electron chi connectivity index (χ4n) is 2.68. The SMILES string of the molecule is CNc1nc(N[C@H]2CNC[C@@H]2F)nc2nc(C)cc(C)c12. The molecule has 0 radical (unpaired) electrons. The van der Waals surface area contributed by atoms with Crippen molar-refractivity contribution in [3.63, 3.8) is 0 Å². The molecule has 0 amide bonds. The molecule has 3 rings (SSSR count). The van der Waals surface area contributed by atoms with Crippen LogP contribution in [0.1, 0.15) is 11.3 Å². The number of halogens is 1. The van der Waals surface area contributed by atoms with Crippen molar-refractivity contribution in [3.8, 4) is 0 Å². The van der Waals surface area contributed by atoms with Crippen LogP contribution in [-0.4, -0.2) is 47.3 Å². The first-order valence-electron chi connectivity index (χ1n) is 7.03. The summed E-state index contributed by atoms with van der Waals surface area (Å²) in [6, 6.07) is 1.69. The number of aryl methyl sites for hydroxylation is 2. The van der Waals surface area contributed by atoms with Crippen LogP contribution in [0.4, 0.5) is 16.2 Å². The van der Waals surface area contributed by atoms with Crippen LogP contribution in [0.5, 0.6) is 0 Å². The van der Waals surface area contributed by atoms with E-state index in [4.69, 9.17) is 0 Å². The summed E-state index contributed by atoms with van der Waals surface area (Å²) in [5.41, 5.74) is 2.59. The van der Waals surface area contributed by atoms with Gasteiger partial charge in [0.25, 0.3) is 0 Å². The number of pyridine rings is 1. The third-order valence-corrected chi connectivity index (χ3v) is 3.68. The zero-order valence-electron chi connectivity index (χ0n) is 12.4. The lowest BCUT2D eigenvalue weighted by Crippen LogP contribution is -2.30. The Hall–Kier alpha value is -2.02. The molecule has 1 saturated heterocycles. The fraction of sp³-hybridized carbons (Fsp3) is 0.500. The minimum absolute atomic E-state index is 0.307. The highest BCUT2D eigenvalue weighted by Gasteiger charge is 2.27. The van der Waals surface area contributed by atoms with Crippen molar-refractivity contribution in [2.24, 2.45) is 0 Å². The minimum Gasteiger partial charge on any atom is -0.372 e. The number of hydrogen-bond acceptors (Lipinski definition) is 6. The second-order valence-electron chi connectivity index (χ2n) is 5.35. The van der Waals surface area contributed by atoms with Gasteiger partial charge in [-0.2, -0.15) is 9.97 Å². The Bertz CT molecular complexity index is 674. The van der Waals surface area contributed by atoms with Crippen molar-refractivity contribution in [2.75, 3.05) is 30.8 Å². The summed E-state index contributed by atoms with van der Waals surface area (Å²) in [7, 11) is 1.81. The van der Waals surface area contributed by atoms with Crippen LogP contribution in [0, 0.1) is 13.8 Å². The molecule has 1 fully saturated rings. The lowest BCUT2D eigenvalue weighted by Gasteiger charge is -2.16. The van der Waals surface area contributed by atoms with E-state index in [0.29, 0.717) is 30.5 Å². The average Bonchev–Trinajstić information content (AvgIpc) is 2.82. The van der Waals surface area contributed by atoms with E-state index in [9.17, 15) is 4.39 Å². The largest absolute Gasteiger partial charge is 0.372 e. The van der Waals surface area contributed by atoms with Gasteiger partial charge in [0.15, 0.2) is 5.65 Å². The molecule has 6 nitrogen and oxygen atoms in total. The van der Waals surface area contributed by atoms with Gasteiger partial charge < -0.3 is 16.0 Å². The predicted octanol–water partition coefficient (Wildman–Crippen LogP) is 1.41. The molecule has 1 aliphatic rings. The number of fused-ring (bicyclic) bond motifs is 1. The van der Waals surface area contributed by atoms with Gasteiger partial charge >= 0.3 is 0 Å². The van der Waals surface area contributed by atoms with E-state index < -0.39 is 6.17 Å². The van der Waals surface area contributed by atoms with Gasteiger partial charge in [-0.05, 0) is 25.5 Å². The van der Waals surface area contributed by atoms with Crippen LogP contribution in [0.15, 0.2) is 6.07 Å². The van der Waals surface area contributed by atoms with Gasteiger partial charge in [-0.3, -0.25) is 0 Å². The highest BCUT2D eigenvalue weighted by molar-refractivity contribution is 5.90. The molecule has 0 saturated carbocycles. The average molecular weight is 290 g/mol. The molecule has 7 heteroatoms. The van der Waals surface area contributed by atoms with Crippen molar-refractivity contribution in [1.82, 2.24) is 20.3 Å². The van der Waals surface area contributed by atoms with Gasteiger partial charge in [0.1, 0.15) is 12.0 Å². The lowest BCUT2D eigenvalue weighted by atomic mass is 10.1. The molecule has 0 spiro atoms. The molecule has 2 aromatic rings. The first kappa shape index (κ1) is 13.9. The van der Waals surface area contributed by atoms with Gasteiger partial charge in [-0.1, -0.05) is 0 Å². The van der Waals surface area contributed by atoms with E-state index in [1.165, 1.54) is 0 Å². The zero-order valence-corrected chi connectivity index (χ0v) is 12.4. The van der Waals surface area contributed by atoms with E-state index in [2.05, 4.69) is 30.9 Å². The molecule has 21 heavy (non-hydrogen) atoms. The number of hydrogen-bond donors (Lipinski definition) is 3. The summed E-state index contributed by atoms with van der Waals surface area (Å²) < 4.78 is 13.7. The van der Waals surface area contributed by atoms with Crippen molar-refractivity contribution < 1.29 is 4.39 Å². The summed E-state index contributed by atoms with van der Waals surface area (Å²) in [5.74, 6) is 1.11. The minimum atomic E-state index is -0.936. The third kappa shape index (κ3) is 2.61. The number of nitrogens with zero attached hydrogens (tertiary/aromatic N) is 3. The Morgan fingerprint density at radius 3 is 2.71 bits per heavy atom. The maximum atomic E-state index is 13.7. The zero-order chi connectivity index (χ0) is 15.0.